The van der Waals surface area contributed by atoms with E-state index in [1.807, 2.05) is 11.3 Å². The highest BCUT2D eigenvalue weighted by Crippen LogP contribution is 2.54. The third-order valence-corrected chi connectivity index (χ3v) is 11.3. The molecule has 0 fully saturated rings. The number of fused-ring (bicyclic) bond motifs is 4. The van der Waals surface area contributed by atoms with Crippen LogP contribution in [-0.4, -0.2) is 9.55 Å². The smallest absolute Gasteiger partial charge is 0.145 e. The first kappa shape index (κ1) is 30.3. The van der Waals surface area contributed by atoms with Gasteiger partial charge in [-0.05, 0) is 62.9 Å². The summed E-state index contributed by atoms with van der Waals surface area (Å²) in [7, 11) is 0. The van der Waals surface area contributed by atoms with Crippen LogP contribution in [0.5, 0.6) is 0 Å². The summed E-state index contributed by atoms with van der Waals surface area (Å²) in [5.41, 5.74) is 12.9. The second-order valence-corrected chi connectivity index (χ2v) is 14.1. The fourth-order valence-corrected chi connectivity index (χ4v) is 9.14. The van der Waals surface area contributed by atoms with Crippen molar-refractivity contribution in [1.29, 1.82) is 0 Å². The summed E-state index contributed by atoms with van der Waals surface area (Å²) in [5.74, 6) is 0.934. The fourth-order valence-electron chi connectivity index (χ4n) is 7.73. The molecule has 0 radical (unpaired) electrons. The third kappa shape index (κ3) is 4.98. The van der Waals surface area contributed by atoms with E-state index >= 15 is 0 Å². The summed E-state index contributed by atoms with van der Waals surface area (Å²) in [6, 6.07) is 69.6. The third-order valence-electron chi connectivity index (χ3n) is 10.0. The summed E-state index contributed by atoms with van der Waals surface area (Å²) >= 11 is 1.90. The molecule has 0 bridgehead atoms. The van der Waals surface area contributed by atoms with E-state index in [1.165, 1.54) is 64.7 Å². The minimum absolute atomic E-state index is 0.934. The molecule has 0 atom stereocenters. The van der Waals surface area contributed by atoms with Crippen LogP contribution in [0.2, 0.25) is 0 Å². The van der Waals surface area contributed by atoms with Crippen molar-refractivity contribution in [3.05, 3.63) is 194 Å². The number of aromatic nitrogens is 2. The number of para-hydroxylation sites is 3. The van der Waals surface area contributed by atoms with E-state index in [1.54, 1.807) is 0 Å². The molecule has 2 aromatic heterocycles. The fraction of sp³-hybridized carbons (Fsp3) is 0. The van der Waals surface area contributed by atoms with Crippen LogP contribution in [0.1, 0.15) is 0 Å². The normalized spacial score (nSPS) is 11.5. The number of imidazole rings is 1. The lowest BCUT2D eigenvalue weighted by Gasteiger charge is -2.17. The molecular weight excluding hydrogens is 649 g/mol. The number of benzene rings is 8. The SMILES string of the molecule is c1ccc(-c2c(-c3ccccc3)c3sc(-c4ccc(-c5nc6ccccc6n5-c5ccccc5)cc4)c(-c4ccccc4)c3c3ccccc23)cc1. The summed E-state index contributed by atoms with van der Waals surface area (Å²) in [6.45, 7) is 0. The molecule has 10 rings (SSSR count). The number of rotatable bonds is 6. The van der Waals surface area contributed by atoms with Crippen LogP contribution in [0.25, 0.3) is 92.8 Å². The molecule has 52 heavy (non-hydrogen) atoms. The molecular formula is C49H32N2S. The van der Waals surface area contributed by atoms with Gasteiger partial charge in [0.2, 0.25) is 0 Å². The van der Waals surface area contributed by atoms with Gasteiger partial charge in [-0.1, -0.05) is 170 Å². The Bertz CT molecular complexity index is 2850. The number of nitrogens with zero attached hydrogens (tertiary/aromatic N) is 2. The van der Waals surface area contributed by atoms with Crippen molar-refractivity contribution in [1.82, 2.24) is 9.55 Å². The van der Waals surface area contributed by atoms with Crippen molar-refractivity contribution in [3.63, 3.8) is 0 Å². The maximum absolute atomic E-state index is 5.15. The quantitative estimate of drug-likeness (QED) is 0.171. The molecule has 0 unspecified atom stereocenters. The zero-order valence-corrected chi connectivity index (χ0v) is 29.1. The molecule has 0 amide bonds. The Labute approximate surface area is 306 Å². The van der Waals surface area contributed by atoms with Gasteiger partial charge < -0.3 is 0 Å². The zero-order valence-electron chi connectivity index (χ0n) is 28.3. The van der Waals surface area contributed by atoms with Gasteiger partial charge in [0.05, 0.1) is 11.0 Å². The molecule has 10 aromatic rings. The molecule has 8 aromatic carbocycles. The molecule has 0 aliphatic heterocycles. The van der Waals surface area contributed by atoms with Crippen LogP contribution >= 0.6 is 11.3 Å². The summed E-state index contributed by atoms with van der Waals surface area (Å²) < 4.78 is 3.57. The highest BCUT2D eigenvalue weighted by Gasteiger charge is 2.25. The maximum Gasteiger partial charge on any atom is 0.145 e. The Morgan fingerprint density at radius 2 is 0.885 bits per heavy atom. The molecule has 3 heteroatoms. The zero-order chi connectivity index (χ0) is 34.4. The van der Waals surface area contributed by atoms with Gasteiger partial charge in [-0.2, -0.15) is 0 Å². The monoisotopic (exact) mass is 680 g/mol. The molecule has 0 aliphatic carbocycles. The van der Waals surface area contributed by atoms with E-state index in [0.29, 0.717) is 0 Å². The predicted octanol–water partition coefficient (Wildman–Crippen LogP) is 13.7. The Morgan fingerprint density at radius 3 is 1.54 bits per heavy atom. The minimum atomic E-state index is 0.934. The van der Waals surface area contributed by atoms with Gasteiger partial charge in [0, 0.05) is 37.3 Å². The molecule has 0 saturated heterocycles. The maximum atomic E-state index is 5.15. The Balaban J connectivity index is 1.26. The molecule has 2 heterocycles. The number of thiophene rings is 1. The van der Waals surface area contributed by atoms with Crippen LogP contribution in [0.3, 0.4) is 0 Å². The first-order valence-electron chi connectivity index (χ1n) is 17.6. The summed E-state index contributed by atoms with van der Waals surface area (Å²) in [4.78, 5) is 6.41. The van der Waals surface area contributed by atoms with E-state index < -0.39 is 0 Å². The van der Waals surface area contributed by atoms with Gasteiger partial charge in [-0.3, -0.25) is 4.57 Å². The Hall–Kier alpha value is -6.55. The van der Waals surface area contributed by atoms with Gasteiger partial charge >= 0.3 is 0 Å². The summed E-state index contributed by atoms with van der Waals surface area (Å²) in [5, 5.41) is 3.83. The average Bonchev–Trinajstić information content (AvgIpc) is 3.82. The molecule has 0 saturated carbocycles. The van der Waals surface area contributed by atoms with Crippen molar-refractivity contribution in [2.24, 2.45) is 0 Å². The second kappa shape index (κ2) is 12.6. The van der Waals surface area contributed by atoms with Gasteiger partial charge in [0.25, 0.3) is 0 Å². The number of hydrogen-bond donors (Lipinski definition) is 0. The Morgan fingerprint density at radius 1 is 0.385 bits per heavy atom. The van der Waals surface area contributed by atoms with Crippen LogP contribution in [0.15, 0.2) is 194 Å². The van der Waals surface area contributed by atoms with E-state index in [-0.39, 0.29) is 0 Å². The second-order valence-electron chi connectivity index (χ2n) is 13.1. The Kier molecular flexibility index (Phi) is 7.37. The molecule has 244 valence electrons. The van der Waals surface area contributed by atoms with Crippen LogP contribution in [0.4, 0.5) is 0 Å². The highest BCUT2D eigenvalue weighted by atomic mass is 32.1. The van der Waals surface area contributed by atoms with Crippen molar-refractivity contribution in [2.45, 2.75) is 0 Å². The largest absolute Gasteiger partial charge is 0.292 e. The van der Waals surface area contributed by atoms with E-state index in [4.69, 9.17) is 4.98 Å². The first-order chi connectivity index (χ1) is 25.8. The van der Waals surface area contributed by atoms with Crippen molar-refractivity contribution >= 4 is 43.2 Å². The summed E-state index contributed by atoms with van der Waals surface area (Å²) in [6.07, 6.45) is 0. The number of hydrogen-bond acceptors (Lipinski definition) is 2. The lowest BCUT2D eigenvalue weighted by Crippen LogP contribution is -1.97. The molecule has 0 aliphatic rings. The van der Waals surface area contributed by atoms with Crippen molar-refractivity contribution in [2.75, 3.05) is 0 Å². The minimum Gasteiger partial charge on any atom is -0.292 e. The topological polar surface area (TPSA) is 17.8 Å². The highest BCUT2D eigenvalue weighted by molar-refractivity contribution is 7.24. The van der Waals surface area contributed by atoms with E-state index in [2.05, 4.69) is 199 Å². The van der Waals surface area contributed by atoms with E-state index in [0.717, 1.165) is 28.1 Å². The molecule has 0 spiro atoms. The first-order valence-corrected chi connectivity index (χ1v) is 18.5. The van der Waals surface area contributed by atoms with Gasteiger partial charge in [-0.15, -0.1) is 11.3 Å². The predicted molar refractivity (Wildman–Crippen MR) is 221 cm³/mol. The van der Waals surface area contributed by atoms with Crippen LogP contribution in [-0.2, 0) is 0 Å². The van der Waals surface area contributed by atoms with E-state index in [9.17, 15) is 0 Å². The van der Waals surface area contributed by atoms with Gasteiger partial charge in [-0.25, -0.2) is 4.98 Å². The van der Waals surface area contributed by atoms with Crippen molar-refractivity contribution in [3.8, 4) is 60.9 Å². The lowest BCUT2D eigenvalue weighted by molar-refractivity contribution is 1.10. The van der Waals surface area contributed by atoms with Gasteiger partial charge in [0.1, 0.15) is 5.82 Å². The average molecular weight is 681 g/mol. The van der Waals surface area contributed by atoms with Crippen LogP contribution in [0, 0.1) is 0 Å². The lowest BCUT2D eigenvalue weighted by atomic mass is 9.86. The standard InChI is InChI=1S/C49H32N2S/c1-5-17-33(18-6-1)43-39-25-13-14-26-40(39)46-45(35-21-9-3-10-22-35)47(52-48(46)44(43)34-19-7-2-8-20-34)36-29-31-37(32-30-36)49-50-41-27-15-16-28-42(41)51(49)38-23-11-4-12-24-38/h1-32H. The molecule has 2 nitrogen and oxygen atoms in total. The van der Waals surface area contributed by atoms with Crippen LogP contribution < -0.4 is 0 Å². The van der Waals surface area contributed by atoms with Crippen molar-refractivity contribution < 1.29 is 0 Å². The molecule has 0 N–H and O–H groups in total. The van der Waals surface area contributed by atoms with Gasteiger partial charge in [0.15, 0.2) is 0 Å².